The molecule has 3 aromatic rings. The fraction of sp³-hybridized carbons (Fsp3) is 0.167. The van der Waals surface area contributed by atoms with Gasteiger partial charge in [0.2, 0.25) is 11.4 Å². The normalized spacial score (nSPS) is 20.6. The highest BCUT2D eigenvalue weighted by Crippen LogP contribution is 2.43. The first-order valence-corrected chi connectivity index (χ1v) is 9.70. The molecule has 0 saturated carbocycles. The number of nitrogens with zero attached hydrogens (tertiary/aromatic N) is 1. The van der Waals surface area contributed by atoms with Gasteiger partial charge in [-0.05, 0) is 35.4 Å². The molecule has 0 unspecified atom stereocenters. The molecule has 0 radical (unpaired) electrons. The van der Waals surface area contributed by atoms with Crippen molar-refractivity contribution in [3.05, 3.63) is 107 Å². The number of carbonyl (C=O) groups excluding carboxylic acids is 1. The summed E-state index contributed by atoms with van der Waals surface area (Å²) in [5.41, 5.74) is 1.35. The molecule has 4 nitrogen and oxygen atoms in total. The number of halogens is 1. The molecule has 0 saturated heterocycles. The molecular formula is C24H20ClNO3. The Labute approximate surface area is 174 Å². The molecule has 0 aromatic heterocycles. The predicted molar refractivity (Wildman–Crippen MR) is 113 cm³/mol. The zero-order chi connectivity index (χ0) is 20.3. The Kier molecular flexibility index (Phi) is 5.36. The van der Waals surface area contributed by atoms with Crippen LogP contribution in [0.25, 0.3) is 0 Å². The summed E-state index contributed by atoms with van der Waals surface area (Å²) in [6.45, 7) is 0. The minimum atomic E-state index is -1.24. The molecule has 1 aliphatic heterocycles. The summed E-state index contributed by atoms with van der Waals surface area (Å²) < 4.78 is 11.5. The van der Waals surface area contributed by atoms with E-state index in [4.69, 9.17) is 26.1 Å². The maximum atomic E-state index is 13.1. The van der Waals surface area contributed by atoms with Gasteiger partial charge in [0.25, 0.3) is 0 Å². The van der Waals surface area contributed by atoms with Crippen molar-refractivity contribution in [3.63, 3.8) is 0 Å². The number of hydrogen-bond acceptors (Lipinski definition) is 4. The lowest BCUT2D eigenvalue weighted by atomic mass is 9.83. The van der Waals surface area contributed by atoms with Crippen molar-refractivity contribution in [2.45, 2.75) is 18.1 Å². The summed E-state index contributed by atoms with van der Waals surface area (Å²) in [4.78, 5) is 18.0. The molecular weight excluding hydrogens is 386 g/mol. The van der Waals surface area contributed by atoms with Crippen LogP contribution >= 0.6 is 11.6 Å². The third-order valence-corrected chi connectivity index (χ3v) is 5.27. The summed E-state index contributed by atoms with van der Waals surface area (Å²) in [7, 11) is 1.38. The van der Waals surface area contributed by atoms with Crippen LogP contribution in [0.3, 0.4) is 0 Å². The second kappa shape index (κ2) is 8.10. The topological polar surface area (TPSA) is 47.9 Å². The average molecular weight is 406 g/mol. The molecule has 0 N–H and O–H groups in total. The second-order valence-corrected chi connectivity index (χ2v) is 7.35. The molecule has 0 bridgehead atoms. The monoisotopic (exact) mass is 405 g/mol. The highest BCUT2D eigenvalue weighted by atomic mass is 35.5. The first-order chi connectivity index (χ1) is 14.1. The Balaban J connectivity index is 1.85. The highest BCUT2D eigenvalue weighted by molar-refractivity contribution is 6.30. The van der Waals surface area contributed by atoms with Gasteiger partial charge in [0.1, 0.15) is 0 Å². The smallest absolute Gasteiger partial charge is 0.338 e. The van der Waals surface area contributed by atoms with Crippen LogP contribution in [-0.4, -0.2) is 24.5 Å². The molecule has 1 heterocycles. The zero-order valence-electron chi connectivity index (χ0n) is 15.9. The van der Waals surface area contributed by atoms with Gasteiger partial charge in [0.05, 0.1) is 7.11 Å². The van der Waals surface area contributed by atoms with Gasteiger partial charge in [-0.3, -0.25) is 0 Å². The number of benzene rings is 3. The van der Waals surface area contributed by atoms with E-state index in [0.717, 1.165) is 16.7 Å². The molecule has 29 heavy (non-hydrogen) atoms. The summed E-state index contributed by atoms with van der Waals surface area (Å²) in [5, 5.41) is 0.614. The Morgan fingerprint density at radius 3 is 2.24 bits per heavy atom. The van der Waals surface area contributed by atoms with E-state index in [2.05, 4.69) is 0 Å². The molecule has 5 heteroatoms. The van der Waals surface area contributed by atoms with Crippen LogP contribution in [-0.2, 0) is 20.7 Å². The maximum Gasteiger partial charge on any atom is 0.338 e. The van der Waals surface area contributed by atoms with Gasteiger partial charge in [-0.1, -0.05) is 72.3 Å². The van der Waals surface area contributed by atoms with E-state index < -0.39 is 17.6 Å². The van der Waals surface area contributed by atoms with Crippen LogP contribution in [0.15, 0.2) is 89.9 Å². The number of hydrogen-bond donors (Lipinski definition) is 0. The number of methoxy groups -OCH3 is 1. The van der Waals surface area contributed by atoms with E-state index in [1.165, 1.54) is 7.11 Å². The number of carbonyl (C=O) groups is 1. The van der Waals surface area contributed by atoms with Crippen molar-refractivity contribution in [2.24, 2.45) is 4.99 Å². The van der Waals surface area contributed by atoms with E-state index >= 15 is 0 Å². The minimum Gasteiger partial charge on any atom is -0.467 e. The molecule has 4 rings (SSSR count). The fourth-order valence-electron chi connectivity index (χ4n) is 3.61. The lowest BCUT2D eigenvalue weighted by Gasteiger charge is -2.29. The van der Waals surface area contributed by atoms with Crippen LogP contribution in [0, 0.1) is 0 Å². The van der Waals surface area contributed by atoms with Crippen molar-refractivity contribution >= 4 is 23.5 Å². The summed E-state index contributed by atoms with van der Waals surface area (Å²) in [6, 6.07) is 26.6. The summed E-state index contributed by atoms with van der Waals surface area (Å²) in [5.74, 6) is -0.0147. The van der Waals surface area contributed by atoms with Crippen molar-refractivity contribution in [1.82, 2.24) is 0 Å². The maximum absolute atomic E-state index is 13.1. The third kappa shape index (κ3) is 3.76. The molecule has 0 amide bonds. The van der Waals surface area contributed by atoms with Gasteiger partial charge < -0.3 is 9.47 Å². The molecule has 2 atom stereocenters. The number of rotatable bonds is 5. The average Bonchev–Trinajstić information content (AvgIpc) is 3.15. The predicted octanol–water partition coefficient (Wildman–Crippen LogP) is 5.01. The lowest BCUT2D eigenvalue weighted by molar-refractivity contribution is -0.149. The van der Waals surface area contributed by atoms with Gasteiger partial charge in [-0.15, -0.1) is 0 Å². The van der Waals surface area contributed by atoms with Gasteiger partial charge >= 0.3 is 5.97 Å². The van der Waals surface area contributed by atoms with E-state index in [9.17, 15) is 4.79 Å². The quantitative estimate of drug-likeness (QED) is 0.560. The van der Waals surface area contributed by atoms with Crippen LogP contribution in [0.4, 0.5) is 0 Å². The first-order valence-electron chi connectivity index (χ1n) is 9.32. The summed E-state index contributed by atoms with van der Waals surface area (Å²) in [6.07, 6.45) is -0.285. The lowest BCUT2D eigenvalue weighted by Crippen LogP contribution is -2.44. The first kappa shape index (κ1) is 19.2. The number of ether oxygens (including phenoxy) is 2. The van der Waals surface area contributed by atoms with E-state index in [1.54, 1.807) is 12.1 Å². The van der Waals surface area contributed by atoms with Crippen LogP contribution < -0.4 is 0 Å². The van der Waals surface area contributed by atoms with Gasteiger partial charge in [-0.25, -0.2) is 9.79 Å². The van der Waals surface area contributed by atoms with Crippen molar-refractivity contribution < 1.29 is 14.3 Å². The van der Waals surface area contributed by atoms with Gasteiger partial charge in [0, 0.05) is 17.0 Å². The Morgan fingerprint density at radius 2 is 1.62 bits per heavy atom. The molecule has 0 spiro atoms. The van der Waals surface area contributed by atoms with Crippen LogP contribution in [0.5, 0.6) is 0 Å². The largest absolute Gasteiger partial charge is 0.467 e. The van der Waals surface area contributed by atoms with Crippen LogP contribution in [0.1, 0.15) is 22.8 Å². The minimum absolute atomic E-state index is 0.351. The van der Waals surface area contributed by atoms with E-state index in [1.807, 2.05) is 72.8 Å². The van der Waals surface area contributed by atoms with E-state index in [0.29, 0.717) is 17.3 Å². The molecule has 146 valence electrons. The SMILES string of the molecule is COC(=O)[C@@]1(Cc2ccccc2)N=C(c2ccccc2)O[C@H]1c1ccc(Cl)cc1. The standard InChI is InChI=1S/C24H20ClNO3/c1-28-23(27)24(16-17-8-4-2-5-9-17)21(18-12-14-20(25)15-13-18)29-22(26-24)19-10-6-3-7-11-19/h2-15,21H,16H2,1H3/t21-,24-/m0/s1. The highest BCUT2D eigenvalue weighted by Gasteiger charge is 2.54. The second-order valence-electron chi connectivity index (χ2n) is 6.91. The molecule has 0 fully saturated rings. The number of aliphatic imine (C=N–C) groups is 1. The van der Waals surface area contributed by atoms with Crippen LogP contribution in [0.2, 0.25) is 5.02 Å². The van der Waals surface area contributed by atoms with Crippen molar-refractivity contribution in [2.75, 3.05) is 7.11 Å². The van der Waals surface area contributed by atoms with Crippen molar-refractivity contribution in [1.29, 1.82) is 0 Å². The fourth-order valence-corrected chi connectivity index (χ4v) is 3.74. The number of esters is 1. The molecule has 0 aliphatic carbocycles. The Bertz CT molecular complexity index is 1020. The Hall–Kier alpha value is -3.11. The third-order valence-electron chi connectivity index (χ3n) is 5.01. The molecule has 1 aliphatic rings. The van der Waals surface area contributed by atoms with Gasteiger partial charge in [0.15, 0.2) is 6.10 Å². The summed E-state index contributed by atoms with van der Waals surface area (Å²) >= 11 is 6.07. The zero-order valence-corrected chi connectivity index (χ0v) is 16.7. The molecule has 3 aromatic carbocycles. The van der Waals surface area contributed by atoms with Crippen molar-refractivity contribution in [3.8, 4) is 0 Å². The van der Waals surface area contributed by atoms with Gasteiger partial charge in [-0.2, -0.15) is 0 Å². The Morgan fingerprint density at radius 1 is 1.00 bits per heavy atom. The van der Waals surface area contributed by atoms with E-state index in [-0.39, 0.29) is 0 Å².